The van der Waals surface area contributed by atoms with Crippen LogP contribution in [0.4, 0.5) is 14.5 Å². The third kappa shape index (κ3) is 5.13. The van der Waals surface area contributed by atoms with Gasteiger partial charge in [-0.15, -0.1) is 0 Å². The van der Waals surface area contributed by atoms with E-state index in [9.17, 15) is 13.6 Å². The van der Waals surface area contributed by atoms with Gasteiger partial charge in [-0.05, 0) is 73.6 Å². The maximum Gasteiger partial charge on any atom is 0.249 e. The standard InChI is InChI=1S/C25H24F2N4O2/c26-21-10-17(13-28)9-19(11-21)24-7-8-33-31(24)25(32)18-3-1-16(2-4-18)15-30-22-5-6-23(27)20(12-22)14-29/h5-6,9-12,16,18,24,30H,1-4,7-8,15H2/t16-,18-,24-/m0/s1. The molecule has 6 nitrogen and oxygen atoms in total. The molecule has 0 aromatic heterocycles. The number of hydrogen-bond acceptors (Lipinski definition) is 5. The number of hydroxylamine groups is 2. The number of carbonyl (C=O) groups is 1. The van der Waals surface area contributed by atoms with Crippen molar-refractivity contribution in [2.24, 2.45) is 11.8 Å². The van der Waals surface area contributed by atoms with Gasteiger partial charge in [-0.25, -0.2) is 13.8 Å². The average molecular weight is 450 g/mol. The Balaban J connectivity index is 1.33. The van der Waals surface area contributed by atoms with Gasteiger partial charge in [-0.2, -0.15) is 10.5 Å². The zero-order valence-corrected chi connectivity index (χ0v) is 18.1. The zero-order chi connectivity index (χ0) is 23.4. The minimum absolute atomic E-state index is 0.00894. The van der Waals surface area contributed by atoms with Crippen molar-refractivity contribution in [2.75, 3.05) is 18.5 Å². The van der Waals surface area contributed by atoms with Crippen molar-refractivity contribution >= 4 is 11.6 Å². The van der Waals surface area contributed by atoms with Crippen molar-refractivity contribution in [1.82, 2.24) is 5.06 Å². The Morgan fingerprint density at radius 2 is 1.85 bits per heavy atom. The van der Waals surface area contributed by atoms with Crippen LogP contribution in [-0.4, -0.2) is 24.1 Å². The van der Waals surface area contributed by atoms with E-state index in [1.54, 1.807) is 12.1 Å². The molecule has 0 spiro atoms. The molecule has 170 valence electrons. The van der Waals surface area contributed by atoms with Crippen molar-refractivity contribution in [3.63, 3.8) is 0 Å². The van der Waals surface area contributed by atoms with E-state index in [-0.39, 0.29) is 23.0 Å². The molecule has 1 amide bonds. The number of nitriles is 2. The van der Waals surface area contributed by atoms with E-state index in [1.807, 2.05) is 12.1 Å². The minimum Gasteiger partial charge on any atom is -0.385 e. The summed E-state index contributed by atoms with van der Waals surface area (Å²) in [5.41, 5.74) is 1.51. The minimum atomic E-state index is -0.536. The summed E-state index contributed by atoms with van der Waals surface area (Å²) in [5, 5.41) is 22.7. The van der Waals surface area contributed by atoms with E-state index in [0.717, 1.165) is 25.7 Å². The van der Waals surface area contributed by atoms with Crippen LogP contribution in [-0.2, 0) is 9.63 Å². The number of hydrogen-bond donors (Lipinski definition) is 1. The number of rotatable bonds is 5. The summed E-state index contributed by atoms with van der Waals surface area (Å²) in [5.74, 6) is -0.932. The second-order valence-corrected chi connectivity index (χ2v) is 8.59. The third-order valence-electron chi connectivity index (χ3n) is 6.43. The molecule has 0 bridgehead atoms. The molecule has 8 heteroatoms. The quantitative estimate of drug-likeness (QED) is 0.705. The summed E-state index contributed by atoms with van der Waals surface area (Å²) in [4.78, 5) is 18.8. The number of nitrogens with zero attached hydrogens (tertiary/aromatic N) is 3. The Kier molecular flexibility index (Phi) is 6.86. The molecule has 1 heterocycles. The van der Waals surface area contributed by atoms with Crippen LogP contribution in [0.15, 0.2) is 36.4 Å². The van der Waals surface area contributed by atoms with E-state index in [1.165, 1.54) is 29.3 Å². The Bertz CT molecular complexity index is 1120. The molecule has 1 N–H and O–H groups in total. The van der Waals surface area contributed by atoms with Crippen LogP contribution in [0.5, 0.6) is 0 Å². The van der Waals surface area contributed by atoms with Crippen molar-refractivity contribution in [3.05, 3.63) is 64.7 Å². The van der Waals surface area contributed by atoms with Crippen molar-refractivity contribution < 1.29 is 18.4 Å². The molecule has 4 rings (SSSR count). The predicted molar refractivity (Wildman–Crippen MR) is 116 cm³/mol. The van der Waals surface area contributed by atoms with Crippen LogP contribution in [0.2, 0.25) is 0 Å². The first-order valence-corrected chi connectivity index (χ1v) is 11.1. The summed E-state index contributed by atoms with van der Waals surface area (Å²) >= 11 is 0. The first kappa shape index (κ1) is 22.7. The molecule has 2 aromatic rings. The lowest BCUT2D eigenvalue weighted by atomic mass is 9.81. The molecule has 1 saturated carbocycles. The smallest absolute Gasteiger partial charge is 0.249 e. The van der Waals surface area contributed by atoms with E-state index < -0.39 is 17.7 Å². The monoisotopic (exact) mass is 450 g/mol. The number of carbonyl (C=O) groups excluding carboxylic acids is 1. The highest BCUT2D eigenvalue weighted by Crippen LogP contribution is 2.36. The lowest BCUT2D eigenvalue weighted by Gasteiger charge is -2.32. The Labute approximate surface area is 191 Å². The molecule has 1 aliphatic carbocycles. The van der Waals surface area contributed by atoms with Gasteiger partial charge in [-0.3, -0.25) is 9.63 Å². The molecule has 0 radical (unpaired) electrons. The van der Waals surface area contributed by atoms with Crippen LogP contribution >= 0.6 is 0 Å². The SMILES string of the molecule is N#Cc1cc(F)cc([C@@H]2CCON2C(=O)[C@H]2CC[C@H](CNc3ccc(F)c(C#N)c3)CC2)c1. The van der Waals surface area contributed by atoms with E-state index in [0.29, 0.717) is 36.7 Å². The molecular formula is C25H24F2N4O2. The van der Waals surface area contributed by atoms with Gasteiger partial charge in [0, 0.05) is 24.6 Å². The van der Waals surface area contributed by atoms with Crippen LogP contribution < -0.4 is 5.32 Å². The topological polar surface area (TPSA) is 89.2 Å². The van der Waals surface area contributed by atoms with Gasteiger partial charge in [0.05, 0.1) is 29.8 Å². The predicted octanol–water partition coefficient (Wildman–Crippen LogP) is 4.83. The van der Waals surface area contributed by atoms with Gasteiger partial charge in [0.15, 0.2) is 0 Å². The Morgan fingerprint density at radius 1 is 1.06 bits per heavy atom. The fraction of sp³-hybridized carbons (Fsp3) is 0.400. The second-order valence-electron chi connectivity index (χ2n) is 8.59. The summed E-state index contributed by atoms with van der Waals surface area (Å²) < 4.78 is 27.4. The first-order valence-electron chi connectivity index (χ1n) is 11.1. The maximum absolute atomic E-state index is 13.9. The Hall–Kier alpha value is -3.49. The number of nitrogens with one attached hydrogen (secondary N) is 1. The van der Waals surface area contributed by atoms with Gasteiger partial charge < -0.3 is 5.32 Å². The fourth-order valence-corrected chi connectivity index (χ4v) is 4.64. The average Bonchev–Trinajstić information content (AvgIpc) is 3.33. The first-order chi connectivity index (χ1) is 16.0. The number of amides is 1. The molecule has 1 saturated heterocycles. The van der Waals surface area contributed by atoms with Crippen molar-refractivity contribution in [1.29, 1.82) is 10.5 Å². The number of halogens is 2. The lowest BCUT2D eigenvalue weighted by molar-refractivity contribution is -0.183. The number of anilines is 1. The Morgan fingerprint density at radius 3 is 2.58 bits per heavy atom. The molecule has 2 aliphatic rings. The van der Waals surface area contributed by atoms with Crippen LogP contribution in [0, 0.1) is 46.1 Å². The summed E-state index contributed by atoms with van der Waals surface area (Å²) in [6.07, 6.45) is 3.70. The summed E-state index contributed by atoms with van der Waals surface area (Å²) in [7, 11) is 0. The van der Waals surface area contributed by atoms with Gasteiger partial charge >= 0.3 is 0 Å². The molecule has 0 unspecified atom stereocenters. The highest BCUT2D eigenvalue weighted by molar-refractivity contribution is 5.78. The van der Waals surface area contributed by atoms with Gasteiger partial charge in [0.25, 0.3) is 0 Å². The van der Waals surface area contributed by atoms with Crippen LogP contribution in [0.3, 0.4) is 0 Å². The van der Waals surface area contributed by atoms with Gasteiger partial charge in [0.2, 0.25) is 5.91 Å². The van der Waals surface area contributed by atoms with E-state index in [2.05, 4.69) is 5.32 Å². The maximum atomic E-state index is 13.9. The van der Waals surface area contributed by atoms with Crippen molar-refractivity contribution in [2.45, 2.75) is 38.1 Å². The summed E-state index contributed by atoms with van der Waals surface area (Å²) in [6.45, 7) is 1.05. The molecule has 2 fully saturated rings. The lowest BCUT2D eigenvalue weighted by Crippen LogP contribution is -2.37. The molecule has 1 atom stereocenters. The highest BCUT2D eigenvalue weighted by Gasteiger charge is 2.37. The van der Waals surface area contributed by atoms with E-state index >= 15 is 0 Å². The molecule has 1 aliphatic heterocycles. The highest BCUT2D eigenvalue weighted by atomic mass is 19.1. The van der Waals surface area contributed by atoms with Crippen LogP contribution in [0.25, 0.3) is 0 Å². The number of benzene rings is 2. The van der Waals surface area contributed by atoms with Crippen molar-refractivity contribution in [3.8, 4) is 12.1 Å². The van der Waals surface area contributed by atoms with Gasteiger partial charge in [-0.1, -0.05) is 0 Å². The largest absolute Gasteiger partial charge is 0.385 e. The normalized spacial score (nSPS) is 22.4. The molecular weight excluding hydrogens is 426 g/mol. The zero-order valence-electron chi connectivity index (χ0n) is 18.1. The second kappa shape index (κ2) is 9.97. The fourth-order valence-electron chi connectivity index (χ4n) is 4.64. The van der Waals surface area contributed by atoms with E-state index in [4.69, 9.17) is 15.4 Å². The van der Waals surface area contributed by atoms with Gasteiger partial charge in [0.1, 0.15) is 17.7 Å². The third-order valence-corrected chi connectivity index (χ3v) is 6.43. The molecule has 33 heavy (non-hydrogen) atoms. The molecule has 2 aromatic carbocycles. The van der Waals surface area contributed by atoms with Crippen LogP contribution in [0.1, 0.15) is 54.8 Å². The summed E-state index contributed by atoms with van der Waals surface area (Å²) in [6, 6.07) is 11.9.